The SMILES string of the molecule is O=C(NCC(O)C(O)c1cccc(CO)c1)OCC1c2ccccc2-c2ccccc21. The van der Waals surface area contributed by atoms with E-state index in [1.807, 2.05) is 36.4 Å². The summed E-state index contributed by atoms with van der Waals surface area (Å²) in [4.78, 5) is 12.2. The number of aliphatic hydroxyl groups is 3. The van der Waals surface area contributed by atoms with E-state index in [2.05, 4.69) is 17.4 Å². The van der Waals surface area contributed by atoms with E-state index in [0.29, 0.717) is 11.1 Å². The molecule has 2 atom stereocenters. The number of fused-ring (bicyclic) bond motifs is 3. The number of hydrogen-bond donors (Lipinski definition) is 4. The lowest BCUT2D eigenvalue weighted by atomic mass is 9.98. The first-order valence-electron chi connectivity index (χ1n) is 10.2. The van der Waals surface area contributed by atoms with E-state index in [1.165, 1.54) is 0 Å². The van der Waals surface area contributed by atoms with Crippen LogP contribution in [0.1, 0.15) is 34.3 Å². The first-order valence-corrected chi connectivity index (χ1v) is 10.2. The van der Waals surface area contributed by atoms with Gasteiger partial charge >= 0.3 is 6.09 Å². The Morgan fingerprint density at radius 1 is 0.935 bits per heavy atom. The van der Waals surface area contributed by atoms with Crippen molar-refractivity contribution < 1.29 is 24.9 Å². The van der Waals surface area contributed by atoms with Crippen LogP contribution in [0, 0.1) is 0 Å². The van der Waals surface area contributed by atoms with E-state index in [9.17, 15) is 20.1 Å². The minimum absolute atomic E-state index is 0.0464. The van der Waals surface area contributed by atoms with Crippen molar-refractivity contribution in [1.82, 2.24) is 5.32 Å². The molecule has 0 heterocycles. The Morgan fingerprint density at radius 3 is 2.23 bits per heavy atom. The van der Waals surface area contributed by atoms with Gasteiger partial charge in [-0.15, -0.1) is 0 Å². The molecule has 3 aromatic carbocycles. The van der Waals surface area contributed by atoms with Gasteiger partial charge in [-0.05, 0) is 33.4 Å². The van der Waals surface area contributed by atoms with Crippen molar-refractivity contribution in [3.05, 3.63) is 95.1 Å². The molecule has 0 fully saturated rings. The maximum absolute atomic E-state index is 12.2. The maximum atomic E-state index is 12.2. The summed E-state index contributed by atoms with van der Waals surface area (Å²) in [5.41, 5.74) is 5.64. The molecule has 4 rings (SSSR count). The molecule has 4 N–H and O–H groups in total. The third-order valence-electron chi connectivity index (χ3n) is 5.64. The minimum atomic E-state index is -1.21. The van der Waals surface area contributed by atoms with E-state index in [1.54, 1.807) is 24.3 Å². The van der Waals surface area contributed by atoms with E-state index in [-0.39, 0.29) is 25.7 Å². The van der Waals surface area contributed by atoms with Crippen molar-refractivity contribution in [3.8, 4) is 11.1 Å². The lowest BCUT2D eigenvalue weighted by molar-refractivity contribution is 0.0184. The summed E-state index contributed by atoms with van der Waals surface area (Å²) in [5, 5.41) is 32.3. The number of carbonyl (C=O) groups is 1. The number of hydrogen-bond acceptors (Lipinski definition) is 5. The van der Waals surface area contributed by atoms with Gasteiger partial charge in [0.25, 0.3) is 0 Å². The molecule has 1 amide bonds. The van der Waals surface area contributed by atoms with Gasteiger partial charge in [-0.2, -0.15) is 0 Å². The van der Waals surface area contributed by atoms with Crippen LogP contribution in [0.4, 0.5) is 4.79 Å². The van der Waals surface area contributed by atoms with E-state index in [0.717, 1.165) is 22.3 Å². The van der Waals surface area contributed by atoms with Crippen LogP contribution in [0.25, 0.3) is 11.1 Å². The van der Waals surface area contributed by atoms with Gasteiger partial charge in [0.2, 0.25) is 0 Å². The summed E-state index contributed by atoms with van der Waals surface area (Å²) in [6.45, 7) is -0.146. The van der Waals surface area contributed by atoms with Crippen molar-refractivity contribution in [2.75, 3.05) is 13.2 Å². The Hall–Kier alpha value is -3.19. The molecule has 31 heavy (non-hydrogen) atoms. The zero-order chi connectivity index (χ0) is 21.8. The second kappa shape index (κ2) is 9.31. The zero-order valence-corrected chi connectivity index (χ0v) is 16.9. The highest BCUT2D eigenvalue weighted by atomic mass is 16.5. The van der Waals surface area contributed by atoms with Gasteiger partial charge in [-0.3, -0.25) is 0 Å². The van der Waals surface area contributed by atoms with Crippen molar-refractivity contribution in [3.63, 3.8) is 0 Å². The van der Waals surface area contributed by atoms with Crippen LogP contribution in [-0.4, -0.2) is 40.7 Å². The third kappa shape index (κ3) is 4.46. The quantitative estimate of drug-likeness (QED) is 0.472. The number of benzene rings is 3. The molecule has 0 aromatic heterocycles. The van der Waals surface area contributed by atoms with Gasteiger partial charge in [-0.1, -0.05) is 72.8 Å². The molecular weight excluding hydrogens is 394 g/mol. The monoisotopic (exact) mass is 419 g/mol. The summed E-state index contributed by atoms with van der Waals surface area (Å²) < 4.78 is 5.44. The van der Waals surface area contributed by atoms with Crippen LogP contribution in [-0.2, 0) is 11.3 Å². The fraction of sp³-hybridized carbons (Fsp3) is 0.240. The van der Waals surface area contributed by atoms with Crippen LogP contribution >= 0.6 is 0 Å². The Labute approximate surface area is 180 Å². The standard InChI is InChI=1S/C25H25NO5/c27-14-16-6-5-7-17(12-16)24(29)23(28)13-26-25(30)31-15-22-20-10-3-1-8-18(20)19-9-2-4-11-21(19)22/h1-12,22-24,27-29H,13-15H2,(H,26,30). The van der Waals surface area contributed by atoms with Crippen LogP contribution in [0.2, 0.25) is 0 Å². The molecule has 6 heteroatoms. The summed E-state index contributed by atoms with van der Waals surface area (Å²) in [5.74, 6) is -0.0464. The van der Waals surface area contributed by atoms with Gasteiger partial charge in [0.15, 0.2) is 0 Å². The van der Waals surface area contributed by atoms with Gasteiger partial charge < -0.3 is 25.4 Å². The third-order valence-corrected chi connectivity index (χ3v) is 5.64. The molecule has 0 spiro atoms. The Morgan fingerprint density at radius 2 is 1.58 bits per heavy atom. The highest BCUT2D eigenvalue weighted by molar-refractivity contribution is 5.79. The minimum Gasteiger partial charge on any atom is -0.449 e. The van der Waals surface area contributed by atoms with Gasteiger partial charge in [0.1, 0.15) is 18.8 Å². The number of alkyl carbamates (subject to hydrolysis) is 1. The average molecular weight is 419 g/mol. The number of ether oxygens (including phenoxy) is 1. The molecule has 0 bridgehead atoms. The Kier molecular flexibility index (Phi) is 6.32. The fourth-order valence-corrected chi connectivity index (χ4v) is 4.05. The lowest BCUT2D eigenvalue weighted by Gasteiger charge is -2.20. The second-order valence-corrected chi connectivity index (χ2v) is 7.62. The lowest BCUT2D eigenvalue weighted by Crippen LogP contribution is -2.36. The molecular formula is C25H25NO5. The number of amides is 1. The summed E-state index contributed by atoms with van der Waals surface area (Å²) in [6.07, 6.45) is -3.06. The van der Waals surface area contributed by atoms with Crippen LogP contribution in [0.5, 0.6) is 0 Å². The number of carbonyl (C=O) groups excluding carboxylic acids is 1. The first kappa shape index (κ1) is 21.1. The highest BCUT2D eigenvalue weighted by Gasteiger charge is 2.29. The van der Waals surface area contributed by atoms with Crippen molar-refractivity contribution >= 4 is 6.09 Å². The van der Waals surface area contributed by atoms with Gasteiger partial charge in [-0.25, -0.2) is 4.79 Å². The van der Waals surface area contributed by atoms with E-state index in [4.69, 9.17) is 4.74 Å². The maximum Gasteiger partial charge on any atom is 0.407 e. The number of nitrogens with one attached hydrogen (secondary N) is 1. The predicted octanol–water partition coefficient (Wildman–Crippen LogP) is 3.11. The normalized spacial score (nSPS) is 14.4. The molecule has 3 aromatic rings. The molecule has 0 saturated heterocycles. The van der Waals surface area contributed by atoms with Gasteiger partial charge in [0, 0.05) is 12.5 Å². The van der Waals surface area contributed by atoms with E-state index < -0.39 is 18.3 Å². The van der Waals surface area contributed by atoms with Crippen molar-refractivity contribution in [2.24, 2.45) is 0 Å². The summed E-state index contributed by atoms with van der Waals surface area (Å²) >= 11 is 0. The molecule has 160 valence electrons. The predicted molar refractivity (Wildman–Crippen MR) is 116 cm³/mol. The number of aliphatic hydroxyl groups excluding tert-OH is 3. The first-order chi connectivity index (χ1) is 15.1. The molecule has 1 aliphatic rings. The highest BCUT2D eigenvalue weighted by Crippen LogP contribution is 2.44. The smallest absolute Gasteiger partial charge is 0.407 e. The summed E-state index contributed by atoms with van der Waals surface area (Å²) in [6, 6.07) is 22.8. The molecule has 0 aliphatic heterocycles. The molecule has 2 unspecified atom stereocenters. The van der Waals surface area contributed by atoms with Crippen LogP contribution in [0.3, 0.4) is 0 Å². The van der Waals surface area contributed by atoms with E-state index >= 15 is 0 Å². The topological polar surface area (TPSA) is 99.0 Å². The van der Waals surface area contributed by atoms with Gasteiger partial charge in [0.05, 0.1) is 6.61 Å². The molecule has 0 saturated carbocycles. The second-order valence-electron chi connectivity index (χ2n) is 7.62. The molecule has 1 aliphatic carbocycles. The fourth-order valence-electron chi connectivity index (χ4n) is 4.05. The summed E-state index contributed by atoms with van der Waals surface area (Å²) in [7, 11) is 0. The Balaban J connectivity index is 1.33. The average Bonchev–Trinajstić information content (AvgIpc) is 3.14. The largest absolute Gasteiger partial charge is 0.449 e. The van der Waals surface area contributed by atoms with Crippen LogP contribution in [0.15, 0.2) is 72.8 Å². The zero-order valence-electron chi connectivity index (χ0n) is 16.9. The Bertz CT molecular complexity index is 1020. The molecule has 6 nitrogen and oxygen atoms in total. The number of rotatable bonds is 7. The van der Waals surface area contributed by atoms with Crippen molar-refractivity contribution in [2.45, 2.75) is 24.7 Å². The molecule has 0 radical (unpaired) electrons. The van der Waals surface area contributed by atoms with Crippen LogP contribution < -0.4 is 5.32 Å². The van der Waals surface area contributed by atoms with Crippen molar-refractivity contribution in [1.29, 1.82) is 0 Å².